The molecule has 5 nitrogen and oxygen atoms in total. The normalized spacial score (nSPS) is 10.7. The van der Waals surface area contributed by atoms with Gasteiger partial charge >= 0.3 is 0 Å². The van der Waals surface area contributed by atoms with Crippen LogP contribution in [0.25, 0.3) is 16.6 Å². The molecule has 3 rings (SSSR count). The summed E-state index contributed by atoms with van der Waals surface area (Å²) in [6.07, 6.45) is 1.78. The van der Waals surface area contributed by atoms with E-state index in [1.807, 2.05) is 31.2 Å². The minimum atomic E-state index is -0.132. The molecule has 0 radical (unpaired) electrons. The summed E-state index contributed by atoms with van der Waals surface area (Å²) < 4.78 is 1.75. The molecule has 2 aromatic carbocycles. The van der Waals surface area contributed by atoms with Gasteiger partial charge in [-0.1, -0.05) is 18.2 Å². The van der Waals surface area contributed by atoms with Crippen molar-refractivity contribution in [3.8, 4) is 5.69 Å². The predicted octanol–water partition coefficient (Wildman–Crippen LogP) is 2.36. The maximum absolute atomic E-state index is 12.2. The van der Waals surface area contributed by atoms with Crippen molar-refractivity contribution in [2.75, 3.05) is 12.3 Å². The van der Waals surface area contributed by atoms with E-state index < -0.39 is 0 Å². The molecule has 1 amide bonds. The third-order valence-electron chi connectivity index (χ3n) is 3.31. The van der Waals surface area contributed by atoms with Crippen LogP contribution >= 0.6 is 0 Å². The largest absolute Gasteiger partial charge is 0.399 e. The lowest BCUT2D eigenvalue weighted by molar-refractivity contribution is 0.0956. The first-order valence-corrected chi connectivity index (χ1v) is 6.81. The number of carbonyl (C=O) groups is 1. The van der Waals surface area contributed by atoms with E-state index in [2.05, 4.69) is 10.4 Å². The zero-order chi connectivity index (χ0) is 14.8. The van der Waals surface area contributed by atoms with Crippen LogP contribution in [-0.4, -0.2) is 22.2 Å². The number of amides is 1. The second-order valence-electron chi connectivity index (χ2n) is 4.75. The van der Waals surface area contributed by atoms with Gasteiger partial charge in [0.2, 0.25) is 0 Å². The second-order valence-corrected chi connectivity index (χ2v) is 4.75. The van der Waals surface area contributed by atoms with Crippen molar-refractivity contribution in [2.24, 2.45) is 0 Å². The van der Waals surface area contributed by atoms with E-state index in [1.165, 1.54) is 0 Å². The molecule has 0 aliphatic rings. The van der Waals surface area contributed by atoms with Crippen LogP contribution in [0, 0.1) is 0 Å². The van der Waals surface area contributed by atoms with E-state index in [4.69, 9.17) is 5.73 Å². The highest BCUT2D eigenvalue weighted by molar-refractivity contribution is 5.99. The second kappa shape index (κ2) is 5.28. The first-order valence-electron chi connectivity index (χ1n) is 6.81. The molecule has 0 saturated carbocycles. The van der Waals surface area contributed by atoms with Gasteiger partial charge in [-0.05, 0) is 31.2 Å². The van der Waals surface area contributed by atoms with Crippen LogP contribution in [0.5, 0.6) is 0 Å². The maximum atomic E-state index is 12.2. The lowest BCUT2D eigenvalue weighted by atomic mass is 10.1. The molecule has 21 heavy (non-hydrogen) atoms. The fraction of sp³-hybridized carbons (Fsp3) is 0.125. The highest BCUT2D eigenvalue weighted by atomic mass is 16.1. The SMILES string of the molecule is CCNC(=O)c1ccc(N)cc1-n1ncc2ccccc21. The molecule has 1 aromatic heterocycles. The Labute approximate surface area is 122 Å². The van der Waals surface area contributed by atoms with Crippen LogP contribution in [0.15, 0.2) is 48.7 Å². The van der Waals surface area contributed by atoms with Gasteiger partial charge in [-0.25, -0.2) is 4.68 Å². The van der Waals surface area contributed by atoms with Crippen LogP contribution in [-0.2, 0) is 0 Å². The summed E-state index contributed by atoms with van der Waals surface area (Å²) in [5.74, 6) is -0.132. The summed E-state index contributed by atoms with van der Waals surface area (Å²) >= 11 is 0. The molecular weight excluding hydrogens is 264 g/mol. The average molecular weight is 280 g/mol. The van der Waals surface area contributed by atoms with Crippen molar-refractivity contribution in [2.45, 2.75) is 6.92 Å². The van der Waals surface area contributed by atoms with Gasteiger partial charge in [-0.15, -0.1) is 0 Å². The number of anilines is 1. The van der Waals surface area contributed by atoms with Gasteiger partial charge in [0, 0.05) is 17.6 Å². The summed E-state index contributed by atoms with van der Waals surface area (Å²) in [6.45, 7) is 2.46. The highest BCUT2D eigenvalue weighted by Crippen LogP contribution is 2.23. The zero-order valence-corrected chi connectivity index (χ0v) is 11.7. The van der Waals surface area contributed by atoms with Gasteiger partial charge < -0.3 is 11.1 Å². The fourth-order valence-corrected chi connectivity index (χ4v) is 2.34. The van der Waals surface area contributed by atoms with Crippen LogP contribution in [0.4, 0.5) is 5.69 Å². The molecule has 0 spiro atoms. The first-order chi connectivity index (χ1) is 10.2. The fourth-order valence-electron chi connectivity index (χ4n) is 2.34. The topological polar surface area (TPSA) is 72.9 Å². The number of carbonyl (C=O) groups excluding carboxylic acids is 1. The van der Waals surface area contributed by atoms with E-state index >= 15 is 0 Å². The smallest absolute Gasteiger partial charge is 0.253 e. The Hall–Kier alpha value is -2.82. The number of nitrogens with two attached hydrogens (primary N) is 1. The molecule has 0 fully saturated rings. The van der Waals surface area contributed by atoms with Crippen LogP contribution in [0.3, 0.4) is 0 Å². The number of aromatic nitrogens is 2. The van der Waals surface area contributed by atoms with Crippen LogP contribution in [0.1, 0.15) is 17.3 Å². The Morgan fingerprint density at radius 1 is 1.29 bits per heavy atom. The lowest BCUT2D eigenvalue weighted by Crippen LogP contribution is -2.24. The van der Waals surface area contributed by atoms with Crippen LogP contribution < -0.4 is 11.1 Å². The van der Waals surface area contributed by atoms with Crippen molar-refractivity contribution in [1.29, 1.82) is 0 Å². The number of rotatable bonds is 3. The van der Waals surface area contributed by atoms with E-state index in [0.29, 0.717) is 23.5 Å². The molecule has 0 bridgehead atoms. The summed E-state index contributed by atoms with van der Waals surface area (Å²) in [5.41, 5.74) is 8.65. The molecule has 1 heterocycles. The summed E-state index contributed by atoms with van der Waals surface area (Å²) in [7, 11) is 0. The minimum Gasteiger partial charge on any atom is -0.399 e. The third kappa shape index (κ3) is 2.33. The quantitative estimate of drug-likeness (QED) is 0.723. The van der Waals surface area contributed by atoms with Crippen molar-refractivity contribution in [3.63, 3.8) is 0 Å². The Balaban J connectivity index is 2.21. The standard InChI is InChI=1S/C16H16N4O/c1-2-18-16(21)13-8-7-12(17)9-15(13)20-14-6-4-3-5-11(14)10-19-20/h3-10H,2,17H2,1H3,(H,18,21). The average Bonchev–Trinajstić information content (AvgIpc) is 2.91. The van der Waals surface area contributed by atoms with Crippen molar-refractivity contribution in [1.82, 2.24) is 15.1 Å². The Morgan fingerprint density at radius 3 is 2.90 bits per heavy atom. The monoisotopic (exact) mass is 280 g/mol. The number of nitrogens with zero attached hydrogens (tertiary/aromatic N) is 2. The molecule has 0 unspecified atom stereocenters. The number of hydrogen-bond acceptors (Lipinski definition) is 3. The van der Waals surface area contributed by atoms with E-state index in [9.17, 15) is 4.79 Å². The summed E-state index contributed by atoms with van der Waals surface area (Å²) in [5, 5.41) is 8.22. The number of fused-ring (bicyclic) bond motifs is 1. The first kappa shape index (κ1) is 13.2. The molecular formula is C16H16N4O. The molecule has 5 heteroatoms. The minimum absolute atomic E-state index is 0.132. The van der Waals surface area contributed by atoms with Gasteiger partial charge in [0.15, 0.2) is 0 Å². The number of benzene rings is 2. The van der Waals surface area contributed by atoms with Crippen LogP contribution in [0.2, 0.25) is 0 Å². The molecule has 3 N–H and O–H groups in total. The molecule has 0 aliphatic carbocycles. The summed E-state index contributed by atoms with van der Waals surface area (Å²) in [6, 6.07) is 13.1. The highest BCUT2D eigenvalue weighted by Gasteiger charge is 2.15. The van der Waals surface area contributed by atoms with Gasteiger partial charge in [-0.3, -0.25) is 4.79 Å². The summed E-state index contributed by atoms with van der Waals surface area (Å²) in [4.78, 5) is 12.2. The van der Waals surface area contributed by atoms with E-state index in [0.717, 1.165) is 10.9 Å². The third-order valence-corrected chi connectivity index (χ3v) is 3.31. The number of nitrogens with one attached hydrogen (secondary N) is 1. The maximum Gasteiger partial charge on any atom is 0.253 e. The number of nitrogen functional groups attached to an aromatic ring is 1. The molecule has 3 aromatic rings. The zero-order valence-electron chi connectivity index (χ0n) is 11.7. The van der Waals surface area contributed by atoms with Gasteiger partial charge in [0.25, 0.3) is 5.91 Å². The van der Waals surface area contributed by atoms with Crippen molar-refractivity contribution >= 4 is 22.5 Å². The van der Waals surface area contributed by atoms with E-state index in [1.54, 1.807) is 29.1 Å². The molecule has 0 atom stereocenters. The van der Waals surface area contributed by atoms with Gasteiger partial charge in [0.05, 0.1) is 23.0 Å². The van der Waals surface area contributed by atoms with Crippen molar-refractivity contribution < 1.29 is 4.79 Å². The Kier molecular flexibility index (Phi) is 3.31. The van der Waals surface area contributed by atoms with E-state index in [-0.39, 0.29) is 5.91 Å². The number of para-hydroxylation sites is 1. The van der Waals surface area contributed by atoms with Crippen molar-refractivity contribution in [3.05, 3.63) is 54.2 Å². The molecule has 0 aliphatic heterocycles. The Bertz CT molecular complexity index is 807. The molecule has 0 saturated heterocycles. The predicted molar refractivity (Wildman–Crippen MR) is 83.5 cm³/mol. The Morgan fingerprint density at radius 2 is 2.10 bits per heavy atom. The lowest BCUT2D eigenvalue weighted by Gasteiger charge is -2.11. The number of hydrogen-bond donors (Lipinski definition) is 2. The van der Waals surface area contributed by atoms with Gasteiger partial charge in [-0.2, -0.15) is 5.10 Å². The molecule has 106 valence electrons. The van der Waals surface area contributed by atoms with Gasteiger partial charge in [0.1, 0.15) is 0 Å².